The second kappa shape index (κ2) is 7.75. The lowest BCUT2D eigenvalue weighted by molar-refractivity contribution is 0.0128. The highest BCUT2D eigenvalue weighted by Crippen LogP contribution is 2.19. The van der Waals surface area contributed by atoms with Crippen LogP contribution in [-0.4, -0.2) is 34.0 Å². The molecule has 0 unspecified atom stereocenters. The highest BCUT2D eigenvalue weighted by molar-refractivity contribution is 5.75. The van der Waals surface area contributed by atoms with Gasteiger partial charge in [-0.25, -0.2) is 4.98 Å². The highest BCUT2D eigenvalue weighted by atomic mass is 16.5. The molecule has 4 heteroatoms. The van der Waals surface area contributed by atoms with E-state index in [2.05, 4.69) is 34.7 Å². The van der Waals surface area contributed by atoms with Crippen LogP contribution in [0.4, 0.5) is 0 Å². The van der Waals surface area contributed by atoms with Crippen molar-refractivity contribution in [2.24, 2.45) is 5.92 Å². The lowest BCUT2D eigenvalue weighted by Gasteiger charge is -2.19. The molecule has 2 aromatic rings. The smallest absolute Gasteiger partial charge is 0.109 e. The molecule has 0 aliphatic heterocycles. The van der Waals surface area contributed by atoms with Crippen molar-refractivity contribution in [2.75, 3.05) is 13.2 Å². The molecule has 1 aromatic heterocycles. The van der Waals surface area contributed by atoms with Gasteiger partial charge in [0.05, 0.1) is 30.3 Å². The van der Waals surface area contributed by atoms with E-state index in [1.54, 1.807) is 0 Å². The van der Waals surface area contributed by atoms with Crippen LogP contribution in [-0.2, 0) is 17.7 Å². The number of imidazole rings is 1. The summed E-state index contributed by atoms with van der Waals surface area (Å²) in [6.45, 7) is 3.76. The Kier molecular flexibility index (Phi) is 5.47. The number of aryl methyl sites for hydroxylation is 1. The summed E-state index contributed by atoms with van der Waals surface area (Å²) in [4.78, 5) is 4.64. The van der Waals surface area contributed by atoms with Crippen LogP contribution < -0.4 is 0 Å². The minimum absolute atomic E-state index is 0.385. The van der Waals surface area contributed by atoms with Crippen molar-refractivity contribution in [1.82, 2.24) is 9.55 Å². The number of para-hydroxylation sites is 2. The van der Waals surface area contributed by atoms with Gasteiger partial charge in [0.1, 0.15) is 5.82 Å². The van der Waals surface area contributed by atoms with Crippen LogP contribution in [0.15, 0.2) is 36.4 Å². The third-order valence-corrected chi connectivity index (χ3v) is 4.48. The monoisotopic (exact) mass is 314 g/mol. The molecule has 1 aliphatic rings. The molecule has 3 rings (SSSR count). The van der Waals surface area contributed by atoms with E-state index >= 15 is 0 Å². The number of nitrogens with zero attached hydrogens (tertiary/aromatic N) is 2. The number of hydrogen-bond acceptors (Lipinski definition) is 3. The molecule has 0 saturated carbocycles. The maximum atomic E-state index is 10.3. The fourth-order valence-electron chi connectivity index (χ4n) is 3.24. The van der Waals surface area contributed by atoms with Gasteiger partial charge in [-0.15, -0.1) is 0 Å². The molecular formula is C19H26N2O2. The molecule has 0 fully saturated rings. The summed E-state index contributed by atoms with van der Waals surface area (Å²) in [7, 11) is 0. The average Bonchev–Trinajstić information content (AvgIpc) is 2.94. The number of hydrogen-bond donors (Lipinski definition) is 1. The highest BCUT2D eigenvalue weighted by Gasteiger charge is 2.15. The Morgan fingerprint density at radius 3 is 3.00 bits per heavy atom. The zero-order valence-corrected chi connectivity index (χ0v) is 13.8. The largest absolute Gasteiger partial charge is 0.389 e. The summed E-state index contributed by atoms with van der Waals surface area (Å²) in [5, 5.41) is 10.3. The molecule has 0 amide bonds. The van der Waals surface area contributed by atoms with E-state index in [-0.39, 0.29) is 0 Å². The number of allylic oxidation sites excluding steroid dienone is 2. The quantitative estimate of drug-likeness (QED) is 0.797. The number of ether oxygens (including phenoxy) is 1. The SMILES string of the molecule is CCc1nc2ccccc2n1C[C@H](O)COC[C@H]1CC=CCC1. The first-order valence-corrected chi connectivity index (χ1v) is 8.63. The first kappa shape index (κ1) is 16.2. The number of rotatable bonds is 7. The normalized spacial score (nSPS) is 19.3. The van der Waals surface area contributed by atoms with Gasteiger partial charge < -0.3 is 14.4 Å². The number of benzene rings is 1. The van der Waals surface area contributed by atoms with Crippen molar-refractivity contribution in [1.29, 1.82) is 0 Å². The Hall–Kier alpha value is -1.65. The lowest BCUT2D eigenvalue weighted by Crippen LogP contribution is -2.24. The van der Waals surface area contributed by atoms with E-state index < -0.39 is 6.10 Å². The summed E-state index contributed by atoms with van der Waals surface area (Å²) in [5.41, 5.74) is 2.08. The third-order valence-electron chi connectivity index (χ3n) is 4.48. The summed E-state index contributed by atoms with van der Waals surface area (Å²) in [6, 6.07) is 8.09. The first-order chi connectivity index (χ1) is 11.3. The van der Waals surface area contributed by atoms with E-state index in [1.807, 2.05) is 18.2 Å². The first-order valence-electron chi connectivity index (χ1n) is 8.63. The minimum Gasteiger partial charge on any atom is -0.389 e. The van der Waals surface area contributed by atoms with Crippen LogP contribution >= 0.6 is 0 Å². The number of aliphatic hydroxyl groups excluding tert-OH is 1. The number of aromatic nitrogens is 2. The lowest BCUT2D eigenvalue weighted by atomic mass is 9.95. The second-order valence-corrected chi connectivity index (χ2v) is 6.32. The molecule has 0 bridgehead atoms. The Bertz CT molecular complexity index is 662. The molecule has 124 valence electrons. The molecule has 1 aromatic carbocycles. The van der Waals surface area contributed by atoms with Crippen molar-refractivity contribution in [3.63, 3.8) is 0 Å². The van der Waals surface area contributed by atoms with Crippen molar-refractivity contribution < 1.29 is 9.84 Å². The summed E-state index contributed by atoms with van der Waals surface area (Å²) >= 11 is 0. The molecule has 1 heterocycles. The van der Waals surface area contributed by atoms with Crippen LogP contribution in [0.25, 0.3) is 11.0 Å². The maximum Gasteiger partial charge on any atom is 0.109 e. The predicted molar refractivity (Wildman–Crippen MR) is 92.4 cm³/mol. The molecule has 0 spiro atoms. The topological polar surface area (TPSA) is 47.3 Å². The molecule has 23 heavy (non-hydrogen) atoms. The van der Waals surface area contributed by atoms with Gasteiger partial charge in [-0.1, -0.05) is 31.2 Å². The zero-order chi connectivity index (χ0) is 16.1. The van der Waals surface area contributed by atoms with Gasteiger partial charge in [-0.2, -0.15) is 0 Å². The molecule has 1 aliphatic carbocycles. The molecule has 1 N–H and O–H groups in total. The van der Waals surface area contributed by atoms with Gasteiger partial charge in [0, 0.05) is 13.0 Å². The van der Waals surface area contributed by atoms with Gasteiger partial charge in [0.25, 0.3) is 0 Å². The van der Waals surface area contributed by atoms with Gasteiger partial charge in [0.2, 0.25) is 0 Å². The fraction of sp³-hybridized carbons (Fsp3) is 0.526. The Balaban J connectivity index is 1.57. The van der Waals surface area contributed by atoms with Crippen LogP contribution in [0.5, 0.6) is 0 Å². The van der Waals surface area contributed by atoms with Crippen molar-refractivity contribution >= 4 is 11.0 Å². The second-order valence-electron chi connectivity index (χ2n) is 6.32. The third kappa shape index (κ3) is 4.01. The van der Waals surface area contributed by atoms with Gasteiger partial charge in [-0.3, -0.25) is 0 Å². The predicted octanol–water partition coefficient (Wildman–Crippen LogP) is 3.33. The molecule has 0 radical (unpaired) electrons. The average molecular weight is 314 g/mol. The van der Waals surface area contributed by atoms with Crippen LogP contribution in [0.1, 0.15) is 32.0 Å². The zero-order valence-electron chi connectivity index (χ0n) is 13.8. The van der Waals surface area contributed by atoms with Crippen LogP contribution in [0.2, 0.25) is 0 Å². The van der Waals surface area contributed by atoms with E-state index in [0.29, 0.717) is 19.1 Å². The van der Waals surface area contributed by atoms with Crippen molar-refractivity contribution in [3.05, 3.63) is 42.2 Å². The maximum absolute atomic E-state index is 10.3. The molecule has 2 atom stereocenters. The van der Waals surface area contributed by atoms with Crippen LogP contribution in [0.3, 0.4) is 0 Å². The fourth-order valence-corrected chi connectivity index (χ4v) is 3.24. The van der Waals surface area contributed by atoms with E-state index in [4.69, 9.17) is 4.74 Å². The van der Waals surface area contributed by atoms with Gasteiger partial charge in [-0.05, 0) is 37.3 Å². The Labute approximate surface area is 137 Å². The van der Waals surface area contributed by atoms with Crippen LogP contribution in [0, 0.1) is 5.92 Å². The number of aliphatic hydroxyl groups is 1. The Morgan fingerprint density at radius 2 is 2.22 bits per heavy atom. The summed E-state index contributed by atoms with van der Waals surface area (Å²) < 4.78 is 7.87. The van der Waals surface area contributed by atoms with E-state index in [1.165, 1.54) is 6.42 Å². The Morgan fingerprint density at radius 1 is 1.35 bits per heavy atom. The van der Waals surface area contributed by atoms with E-state index in [9.17, 15) is 5.11 Å². The van der Waals surface area contributed by atoms with Gasteiger partial charge >= 0.3 is 0 Å². The van der Waals surface area contributed by atoms with Crippen molar-refractivity contribution in [2.45, 2.75) is 45.3 Å². The molecule has 4 nitrogen and oxygen atoms in total. The summed E-state index contributed by atoms with van der Waals surface area (Å²) in [6.07, 6.45) is 8.27. The molecular weight excluding hydrogens is 288 g/mol. The van der Waals surface area contributed by atoms with Gasteiger partial charge in [0.15, 0.2) is 0 Å². The minimum atomic E-state index is -0.503. The van der Waals surface area contributed by atoms with Crippen molar-refractivity contribution in [3.8, 4) is 0 Å². The molecule has 0 saturated heterocycles. The van der Waals surface area contributed by atoms with E-state index in [0.717, 1.165) is 42.7 Å². The summed E-state index contributed by atoms with van der Waals surface area (Å²) in [5.74, 6) is 1.62. The standard InChI is InChI=1S/C19H26N2O2/c1-2-19-20-17-10-6-7-11-18(17)21(19)12-16(22)14-23-13-15-8-4-3-5-9-15/h3-4,6-7,10-11,15-16,22H,2,5,8-9,12-14H2,1H3/t15-,16-/m0/s1. The number of fused-ring (bicyclic) bond motifs is 1.